The topological polar surface area (TPSA) is 46.5 Å². The van der Waals surface area contributed by atoms with Crippen LogP contribution < -0.4 is 4.74 Å². The lowest BCUT2D eigenvalue weighted by Crippen LogP contribution is -2.15. The molecular weight excluding hydrogens is 240 g/mol. The van der Waals surface area contributed by atoms with Crippen molar-refractivity contribution in [2.24, 2.45) is 5.92 Å². The van der Waals surface area contributed by atoms with Gasteiger partial charge in [0, 0.05) is 10.6 Å². The van der Waals surface area contributed by atoms with Crippen molar-refractivity contribution in [2.75, 3.05) is 7.11 Å². The summed E-state index contributed by atoms with van der Waals surface area (Å²) in [6.07, 6.45) is 1.93. The lowest BCUT2D eigenvalue weighted by atomic mass is 9.92. The van der Waals surface area contributed by atoms with E-state index in [1.165, 1.54) is 0 Å². The molecular formula is C13H15ClO3. The van der Waals surface area contributed by atoms with Crippen LogP contribution in [0.5, 0.6) is 5.75 Å². The van der Waals surface area contributed by atoms with Crippen LogP contribution in [-0.4, -0.2) is 18.2 Å². The largest absolute Gasteiger partial charge is 0.496 e. The van der Waals surface area contributed by atoms with Gasteiger partial charge in [0.25, 0.3) is 0 Å². The van der Waals surface area contributed by atoms with Gasteiger partial charge >= 0.3 is 5.97 Å². The Kier molecular flexibility index (Phi) is 3.29. The molecule has 1 aliphatic carbocycles. The molecule has 1 saturated carbocycles. The Morgan fingerprint density at radius 2 is 2.18 bits per heavy atom. The number of hydrogen-bond acceptors (Lipinski definition) is 2. The first kappa shape index (κ1) is 12.2. The Bertz CT molecular complexity index is 452. The van der Waals surface area contributed by atoms with Crippen molar-refractivity contribution < 1.29 is 14.6 Å². The first-order valence-corrected chi connectivity index (χ1v) is 5.99. The summed E-state index contributed by atoms with van der Waals surface area (Å²) in [5.74, 6) is -0.458. The monoisotopic (exact) mass is 254 g/mol. The first-order valence-electron chi connectivity index (χ1n) is 5.61. The fourth-order valence-electron chi connectivity index (χ4n) is 2.11. The van der Waals surface area contributed by atoms with Crippen LogP contribution in [0.2, 0.25) is 5.02 Å². The molecule has 0 bridgehead atoms. The maximum atomic E-state index is 11.3. The predicted octanol–water partition coefficient (Wildman–Crippen LogP) is 3.24. The van der Waals surface area contributed by atoms with Crippen LogP contribution in [0.3, 0.4) is 0 Å². The van der Waals surface area contributed by atoms with Gasteiger partial charge in [0.05, 0.1) is 13.0 Å². The highest BCUT2D eigenvalue weighted by atomic mass is 35.5. The van der Waals surface area contributed by atoms with Crippen LogP contribution in [0.4, 0.5) is 0 Å². The van der Waals surface area contributed by atoms with Crippen LogP contribution in [0.15, 0.2) is 12.1 Å². The van der Waals surface area contributed by atoms with Gasteiger partial charge in [0.1, 0.15) is 5.75 Å². The maximum absolute atomic E-state index is 11.3. The molecule has 1 aromatic rings. The zero-order valence-corrected chi connectivity index (χ0v) is 10.6. The van der Waals surface area contributed by atoms with Crippen molar-refractivity contribution in [3.63, 3.8) is 0 Å². The van der Waals surface area contributed by atoms with Crippen LogP contribution in [0.25, 0.3) is 0 Å². The molecule has 1 aromatic carbocycles. The summed E-state index contributed by atoms with van der Waals surface area (Å²) in [4.78, 5) is 11.3. The van der Waals surface area contributed by atoms with Crippen molar-refractivity contribution in [2.45, 2.75) is 25.7 Å². The van der Waals surface area contributed by atoms with Gasteiger partial charge in [0.2, 0.25) is 0 Å². The van der Waals surface area contributed by atoms with E-state index < -0.39 is 11.9 Å². The molecule has 0 saturated heterocycles. The van der Waals surface area contributed by atoms with Crippen molar-refractivity contribution >= 4 is 17.6 Å². The van der Waals surface area contributed by atoms with Crippen molar-refractivity contribution in [1.82, 2.24) is 0 Å². The van der Waals surface area contributed by atoms with E-state index in [0.29, 0.717) is 16.3 Å². The minimum atomic E-state index is -0.800. The summed E-state index contributed by atoms with van der Waals surface area (Å²) in [7, 11) is 1.55. The van der Waals surface area contributed by atoms with E-state index in [9.17, 15) is 9.90 Å². The molecule has 2 rings (SSSR count). The zero-order valence-electron chi connectivity index (χ0n) is 9.87. The average molecular weight is 255 g/mol. The first-order chi connectivity index (χ1) is 8.04. The van der Waals surface area contributed by atoms with E-state index in [1.807, 2.05) is 6.92 Å². The van der Waals surface area contributed by atoms with E-state index in [0.717, 1.165) is 18.4 Å². The number of methoxy groups -OCH3 is 1. The van der Waals surface area contributed by atoms with Gasteiger partial charge in [-0.05, 0) is 43.4 Å². The van der Waals surface area contributed by atoms with Crippen molar-refractivity contribution in [1.29, 1.82) is 0 Å². The fourth-order valence-corrected chi connectivity index (χ4v) is 2.28. The van der Waals surface area contributed by atoms with Crippen LogP contribution in [-0.2, 0) is 4.79 Å². The minimum absolute atomic E-state index is 0.222. The van der Waals surface area contributed by atoms with E-state index in [2.05, 4.69) is 0 Å². The van der Waals surface area contributed by atoms with Gasteiger partial charge in [-0.25, -0.2) is 0 Å². The Labute approximate surface area is 105 Å². The summed E-state index contributed by atoms with van der Waals surface area (Å²) in [5.41, 5.74) is 1.59. The standard InChI is InChI=1S/C13H15ClO3/c1-7-5-11(17-2)9(6-10(7)14)12(13(15)16)8-3-4-8/h5-6,8,12H,3-4H2,1-2H3,(H,15,16). The van der Waals surface area contributed by atoms with E-state index in [4.69, 9.17) is 16.3 Å². The molecule has 1 unspecified atom stereocenters. The van der Waals surface area contributed by atoms with Crippen LogP contribution in [0.1, 0.15) is 29.9 Å². The van der Waals surface area contributed by atoms with Crippen molar-refractivity contribution in [3.05, 3.63) is 28.3 Å². The quantitative estimate of drug-likeness (QED) is 0.897. The number of benzene rings is 1. The van der Waals surface area contributed by atoms with Gasteiger partial charge in [-0.2, -0.15) is 0 Å². The predicted molar refractivity (Wildman–Crippen MR) is 65.8 cm³/mol. The van der Waals surface area contributed by atoms with E-state index in [-0.39, 0.29) is 5.92 Å². The number of hydrogen-bond donors (Lipinski definition) is 1. The third-order valence-corrected chi connectivity index (χ3v) is 3.61. The summed E-state index contributed by atoms with van der Waals surface area (Å²) in [6, 6.07) is 3.53. The highest BCUT2D eigenvalue weighted by Crippen LogP contribution is 2.46. The third-order valence-electron chi connectivity index (χ3n) is 3.21. The van der Waals surface area contributed by atoms with E-state index in [1.54, 1.807) is 19.2 Å². The fraction of sp³-hybridized carbons (Fsp3) is 0.462. The molecule has 1 aliphatic rings. The lowest BCUT2D eigenvalue weighted by Gasteiger charge is -2.17. The molecule has 0 aliphatic heterocycles. The maximum Gasteiger partial charge on any atom is 0.311 e. The normalized spacial score (nSPS) is 16.6. The molecule has 0 radical (unpaired) electrons. The number of ether oxygens (including phenoxy) is 1. The molecule has 1 fully saturated rings. The minimum Gasteiger partial charge on any atom is -0.496 e. The molecule has 0 heterocycles. The molecule has 0 aromatic heterocycles. The third kappa shape index (κ3) is 2.39. The number of aryl methyl sites for hydroxylation is 1. The van der Waals surface area contributed by atoms with E-state index >= 15 is 0 Å². The molecule has 0 amide bonds. The van der Waals surface area contributed by atoms with Crippen LogP contribution in [0, 0.1) is 12.8 Å². The zero-order chi connectivity index (χ0) is 12.6. The second kappa shape index (κ2) is 4.57. The van der Waals surface area contributed by atoms with Gasteiger partial charge in [-0.3, -0.25) is 4.79 Å². The smallest absolute Gasteiger partial charge is 0.311 e. The second-order valence-corrected chi connectivity index (χ2v) is 4.90. The van der Waals surface area contributed by atoms with Gasteiger partial charge < -0.3 is 9.84 Å². The van der Waals surface area contributed by atoms with Crippen molar-refractivity contribution in [3.8, 4) is 5.75 Å². The Morgan fingerprint density at radius 1 is 1.53 bits per heavy atom. The summed E-state index contributed by atoms with van der Waals surface area (Å²) in [6.45, 7) is 1.88. The van der Waals surface area contributed by atoms with Gasteiger partial charge in [-0.1, -0.05) is 11.6 Å². The van der Waals surface area contributed by atoms with Gasteiger partial charge in [-0.15, -0.1) is 0 Å². The average Bonchev–Trinajstić information content (AvgIpc) is 3.07. The summed E-state index contributed by atoms with van der Waals surface area (Å²) in [5, 5.41) is 9.91. The lowest BCUT2D eigenvalue weighted by molar-refractivity contribution is -0.139. The number of aliphatic carboxylic acids is 1. The molecule has 0 spiro atoms. The highest BCUT2D eigenvalue weighted by molar-refractivity contribution is 6.31. The molecule has 1 atom stereocenters. The molecule has 3 nitrogen and oxygen atoms in total. The van der Waals surface area contributed by atoms with Crippen LogP contribution >= 0.6 is 11.6 Å². The molecule has 4 heteroatoms. The molecule has 1 N–H and O–H groups in total. The Morgan fingerprint density at radius 3 is 2.65 bits per heavy atom. The Balaban J connectivity index is 2.47. The second-order valence-electron chi connectivity index (χ2n) is 4.50. The summed E-state index contributed by atoms with van der Waals surface area (Å²) >= 11 is 6.07. The molecule has 92 valence electrons. The molecule has 17 heavy (non-hydrogen) atoms. The number of carboxylic acid groups (broad SMARTS) is 1. The number of carboxylic acids is 1. The number of rotatable bonds is 4. The summed E-state index contributed by atoms with van der Waals surface area (Å²) < 4.78 is 5.27. The SMILES string of the molecule is COc1cc(C)c(Cl)cc1C(C(=O)O)C1CC1. The number of carbonyl (C=O) groups is 1. The Hall–Kier alpha value is -1.22. The number of halogens is 1. The van der Waals surface area contributed by atoms with Gasteiger partial charge in [0.15, 0.2) is 0 Å². The highest BCUT2D eigenvalue weighted by Gasteiger charge is 2.39.